The van der Waals surface area contributed by atoms with Gasteiger partial charge in [-0.2, -0.15) is 5.10 Å². The first-order valence-corrected chi connectivity index (χ1v) is 5.90. The maximum atomic E-state index is 12.3. The average Bonchev–Trinajstić information content (AvgIpc) is 2.97. The minimum absolute atomic E-state index is 0.127. The van der Waals surface area contributed by atoms with Gasteiger partial charge in [-0.1, -0.05) is 13.8 Å². The van der Waals surface area contributed by atoms with E-state index in [-0.39, 0.29) is 5.91 Å². The van der Waals surface area contributed by atoms with Crippen LogP contribution in [0.1, 0.15) is 42.7 Å². The lowest BCUT2D eigenvalue weighted by molar-refractivity contribution is 0.0722. The van der Waals surface area contributed by atoms with Gasteiger partial charge in [0.05, 0.1) is 11.8 Å². The van der Waals surface area contributed by atoms with Crippen molar-refractivity contribution in [3.8, 4) is 0 Å². The lowest BCUT2D eigenvalue weighted by Gasteiger charge is -2.24. The molecule has 0 saturated heterocycles. The normalized spacial score (nSPS) is 15.5. The van der Waals surface area contributed by atoms with Gasteiger partial charge in [0.1, 0.15) is 0 Å². The zero-order valence-corrected chi connectivity index (χ0v) is 10.2. The topological polar surface area (TPSA) is 49.0 Å². The van der Waals surface area contributed by atoms with Gasteiger partial charge in [0, 0.05) is 18.3 Å². The van der Waals surface area contributed by atoms with Gasteiger partial charge in [0.15, 0.2) is 0 Å². The van der Waals surface area contributed by atoms with Crippen LogP contribution in [0.15, 0.2) is 6.20 Å². The molecule has 1 aliphatic carbocycles. The quantitative estimate of drug-likeness (QED) is 0.845. The SMILES string of the molecule is Cc1[nH]ncc1C(=O)N(CC(C)C)C1CC1. The summed E-state index contributed by atoms with van der Waals surface area (Å²) in [5, 5.41) is 6.73. The molecule has 4 heteroatoms. The first-order chi connectivity index (χ1) is 7.59. The fourth-order valence-electron chi connectivity index (χ4n) is 1.90. The lowest BCUT2D eigenvalue weighted by Crippen LogP contribution is -2.36. The molecular weight excluding hydrogens is 202 g/mol. The van der Waals surface area contributed by atoms with Crippen molar-refractivity contribution in [1.29, 1.82) is 0 Å². The molecule has 0 aliphatic heterocycles. The second-order valence-corrected chi connectivity index (χ2v) is 4.99. The Morgan fingerprint density at radius 3 is 2.75 bits per heavy atom. The Hall–Kier alpha value is -1.32. The van der Waals surface area contributed by atoms with Crippen LogP contribution in [0.4, 0.5) is 0 Å². The minimum atomic E-state index is 0.127. The minimum Gasteiger partial charge on any atom is -0.335 e. The number of amides is 1. The first-order valence-electron chi connectivity index (χ1n) is 5.90. The van der Waals surface area contributed by atoms with Crippen molar-refractivity contribution in [3.05, 3.63) is 17.5 Å². The van der Waals surface area contributed by atoms with Gasteiger partial charge in [-0.3, -0.25) is 9.89 Å². The van der Waals surface area contributed by atoms with E-state index in [0.29, 0.717) is 17.5 Å². The Morgan fingerprint density at radius 1 is 1.62 bits per heavy atom. The van der Waals surface area contributed by atoms with Gasteiger partial charge < -0.3 is 4.90 Å². The van der Waals surface area contributed by atoms with E-state index in [1.165, 1.54) is 0 Å². The molecular formula is C12H19N3O. The maximum Gasteiger partial charge on any atom is 0.257 e. The van der Waals surface area contributed by atoms with Crippen molar-refractivity contribution < 1.29 is 4.79 Å². The number of aromatic nitrogens is 2. The monoisotopic (exact) mass is 221 g/mol. The van der Waals surface area contributed by atoms with Crippen LogP contribution in [0.25, 0.3) is 0 Å². The third-order valence-corrected chi connectivity index (χ3v) is 2.87. The Balaban J connectivity index is 2.14. The van der Waals surface area contributed by atoms with Crippen molar-refractivity contribution >= 4 is 5.91 Å². The van der Waals surface area contributed by atoms with E-state index in [4.69, 9.17) is 0 Å². The van der Waals surface area contributed by atoms with Crippen LogP contribution in [0.5, 0.6) is 0 Å². The molecule has 1 aliphatic rings. The van der Waals surface area contributed by atoms with E-state index < -0.39 is 0 Å². The summed E-state index contributed by atoms with van der Waals surface area (Å²) in [4.78, 5) is 14.3. The molecule has 0 unspecified atom stereocenters. The Morgan fingerprint density at radius 2 is 2.31 bits per heavy atom. The molecule has 1 saturated carbocycles. The van der Waals surface area contributed by atoms with E-state index in [1.54, 1.807) is 6.20 Å². The number of carbonyl (C=O) groups excluding carboxylic acids is 1. The predicted molar refractivity (Wildman–Crippen MR) is 62.2 cm³/mol. The van der Waals surface area contributed by atoms with Gasteiger partial charge in [-0.25, -0.2) is 0 Å². The van der Waals surface area contributed by atoms with Gasteiger partial charge in [-0.15, -0.1) is 0 Å². The largest absolute Gasteiger partial charge is 0.335 e. The zero-order chi connectivity index (χ0) is 11.7. The summed E-state index contributed by atoms with van der Waals surface area (Å²) in [6.45, 7) is 7.02. The summed E-state index contributed by atoms with van der Waals surface area (Å²) in [5.41, 5.74) is 1.58. The van der Waals surface area contributed by atoms with Crippen molar-refractivity contribution in [3.63, 3.8) is 0 Å². The smallest absolute Gasteiger partial charge is 0.257 e. The molecule has 1 aromatic rings. The van der Waals surface area contributed by atoms with E-state index in [9.17, 15) is 4.79 Å². The highest BCUT2D eigenvalue weighted by atomic mass is 16.2. The van der Waals surface area contributed by atoms with Gasteiger partial charge in [0.2, 0.25) is 0 Å². The molecule has 1 heterocycles. The summed E-state index contributed by atoms with van der Waals surface area (Å²) < 4.78 is 0. The molecule has 1 aromatic heterocycles. The van der Waals surface area contributed by atoms with Crippen LogP contribution in [-0.2, 0) is 0 Å². The number of aryl methyl sites for hydroxylation is 1. The predicted octanol–water partition coefficient (Wildman–Crippen LogP) is 1.98. The summed E-state index contributed by atoms with van der Waals surface area (Å²) >= 11 is 0. The molecule has 1 amide bonds. The number of rotatable bonds is 4. The Bertz CT molecular complexity index is 379. The molecule has 4 nitrogen and oxygen atoms in total. The van der Waals surface area contributed by atoms with E-state index in [1.807, 2.05) is 11.8 Å². The number of hydrogen-bond donors (Lipinski definition) is 1. The second kappa shape index (κ2) is 4.28. The molecule has 0 aromatic carbocycles. The highest BCUT2D eigenvalue weighted by Crippen LogP contribution is 2.29. The van der Waals surface area contributed by atoms with Crippen molar-refractivity contribution in [2.24, 2.45) is 5.92 Å². The number of hydrogen-bond acceptors (Lipinski definition) is 2. The van der Waals surface area contributed by atoms with Crippen LogP contribution in [0.3, 0.4) is 0 Å². The zero-order valence-electron chi connectivity index (χ0n) is 10.2. The van der Waals surface area contributed by atoms with Crippen LogP contribution in [0.2, 0.25) is 0 Å². The summed E-state index contributed by atoms with van der Waals surface area (Å²) in [6.07, 6.45) is 3.93. The fourth-order valence-corrected chi connectivity index (χ4v) is 1.90. The van der Waals surface area contributed by atoms with Crippen molar-refractivity contribution in [1.82, 2.24) is 15.1 Å². The molecule has 0 spiro atoms. The number of nitrogens with one attached hydrogen (secondary N) is 1. The summed E-state index contributed by atoms with van der Waals surface area (Å²) in [5.74, 6) is 0.638. The highest BCUT2D eigenvalue weighted by Gasteiger charge is 2.34. The first kappa shape index (κ1) is 11.2. The fraction of sp³-hybridized carbons (Fsp3) is 0.667. The Kier molecular flexibility index (Phi) is 2.99. The molecule has 1 N–H and O–H groups in total. The molecule has 1 fully saturated rings. The van der Waals surface area contributed by atoms with Crippen LogP contribution in [-0.4, -0.2) is 33.6 Å². The summed E-state index contributed by atoms with van der Waals surface area (Å²) in [6, 6.07) is 0.462. The molecule has 2 rings (SSSR count). The van der Waals surface area contributed by atoms with Gasteiger partial charge in [-0.05, 0) is 25.7 Å². The lowest BCUT2D eigenvalue weighted by atomic mass is 10.1. The second-order valence-electron chi connectivity index (χ2n) is 4.99. The van der Waals surface area contributed by atoms with Gasteiger partial charge >= 0.3 is 0 Å². The van der Waals surface area contributed by atoms with E-state index in [0.717, 1.165) is 25.1 Å². The van der Waals surface area contributed by atoms with Crippen LogP contribution >= 0.6 is 0 Å². The van der Waals surface area contributed by atoms with E-state index in [2.05, 4.69) is 24.0 Å². The standard InChI is InChI=1S/C12H19N3O/c1-8(2)7-15(10-4-5-10)12(16)11-6-13-14-9(11)3/h6,8,10H,4-5,7H2,1-3H3,(H,13,14). The van der Waals surface area contributed by atoms with Gasteiger partial charge in [0.25, 0.3) is 5.91 Å². The van der Waals surface area contributed by atoms with E-state index >= 15 is 0 Å². The Labute approximate surface area is 96.0 Å². The molecule has 16 heavy (non-hydrogen) atoms. The number of H-pyrrole nitrogens is 1. The molecule has 0 bridgehead atoms. The van der Waals surface area contributed by atoms with Crippen molar-refractivity contribution in [2.45, 2.75) is 39.7 Å². The van der Waals surface area contributed by atoms with Crippen molar-refractivity contribution in [2.75, 3.05) is 6.54 Å². The van der Waals surface area contributed by atoms with Crippen LogP contribution in [0, 0.1) is 12.8 Å². The number of aromatic amines is 1. The molecule has 88 valence electrons. The number of nitrogens with zero attached hydrogens (tertiary/aromatic N) is 2. The molecule has 0 radical (unpaired) electrons. The third kappa shape index (κ3) is 2.26. The third-order valence-electron chi connectivity index (χ3n) is 2.87. The summed E-state index contributed by atoms with van der Waals surface area (Å²) in [7, 11) is 0. The average molecular weight is 221 g/mol. The molecule has 0 atom stereocenters. The maximum absolute atomic E-state index is 12.3. The highest BCUT2D eigenvalue weighted by molar-refractivity contribution is 5.95. The van der Waals surface area contributed by atoms with Crippen LogP contribution < -0.4 is 0 Å². The number of carbonyl (C=O) groups is 1.